The molecule has 4 heteroatoms. The van der Waals surface area contributed by atoms with Crippen LogP contribution >= 0.6 is 63.7 Å². The maximum absolute atomic E-state index is 3.66. The first-order valence-corrected chi connectivity index (χ1v) is 16.2. The second-order valence-corrected chi connectivity index (χ2v) is 13.6. The molecule has 0 heterocycles. The van der Waals surface area contributed by atoms with Gasteiger partial charge in [0.25, 0.3) is 0 Å². The van der Waals surface area contributed by atoms with Gasteiger partial charge in [0.15, 0.2) is 0 Å². The number of hydrogen-bond acceptors (Lipinski definition) is 0. The molecule has 6 rings (SSSR count). The van der Waals surface area contributed by atoms with Crippen LogP contribution in [0, 0.1) is 6.92 Å². The lowest BCUT2D eigenvalue weighted by atomic mass is 9.81. The average Bonchev–Trinajstić information content (AvgIpc) is 3.31. The molecule has 0 aliphatic heterocycles. The number of benzene rings is 5. The topological polar surface area (TPSA) is 0 Å². The van der Waals surface area contributed by atoms with Crippen molar-refractivity contribution in [3.05, 3.63) is 173 Å². The first-order chi connectivity index (χ1) is 19.4. The molecule has 0 radical (unpaired) electrons. The van der Waals surface area contributed by atoms with E-state index in [4.69, 9.17) is 0 Å². The molecule has 196 valence electrons. The Labute approximate surface area is 269 Å². The van der Waals surface area contributed by atoms with Crippen LogP contribution in [0.5, 0.6) is 0 Å². The predicted octanol–water partition coefficient (Wildman–Crippen LogP) is 12.4. The normalized spacial score (nSPS) is 13.8. The van der Waals surface area contributed by atoms with Gasteiger partial charge in [-0.25, -0.2) is 0 Å². The molecule has 0 N–H and O–H groups in total. The van der Waals surface area contributed by atoms with Gasteiger partial charge in [-0.1, -0.05) is 142 Å². The highest BCUT2D eigenvalue weighted by atomic mass is 79.9. The molecule has 0 saturated heterocycles. The van der Waals surface area contributed by atoms with E-state index in [1.165, 1.54) is 55.7 Å². The summed E-state index contributed by atoms with van der Waals surface area (Å²) in [5, 5.41) is 0. The maximum Gasteiger partial charge on any atom is 0.0364 e. The molecule has 0 spiro atoms. The summed E-state index contributed by atoms with van der Waals surface area (Å²) in [6.07, 6.45) is 0. The largest absolute Gasteiger partial charge is 0.0590 e. The first-order valence-electron chi connectivity index (χ1n) is 13.0. The lowest BCUT2D eigenvalue weighted by Gasteiger charge is -2.22. The third kappa shape index (κ3) is 5.52. The third-order valence-electron chi connectivity index (χ3n) is 7.35. The average molecular weight is 776 g/mol. The molecule has 0 bridgehead atoms. The Bertz CT molecular complexity index is 1610. The van der Waals surface area contributed by atoms with Crippen LogP contribution in [0.1, 0.15) is 39.3 Å². The van der Waals surface area contributed by atoms with Crippen molar-refractivity contribution in [2.75, 3.05) is 0 Å². The van der Waals surface area contributed by atoms with Crippen molar-refractivity contribution in [1.82, 2.24) is 0 Å². The molecular formula is C36H24Br4. The van der Waals surface area contributed by atoms with E-state index in [9.17, 15) is 0 Å². The van der Waals surface area contributed by atoms with Gasteiger partial charge in [0.05, 0.1) is 0 Å². The summed E-state index contributed by atoms with van der Waals surface area (Å²) in [6, 6.07) is 44.0. The summed E-state index contributed by atoms with van der Waals surface area (Å²) in [6.45, 7) is 2.15. The smallest absolute Gasteiger partial charge is 0.0364 e. The fourth-order valence-electron chi connectivity index (χ4n) is 5.51. The quantitative estimate of drug-likeness (QED) is 0.167. The Morgan fingerprint density at radius 1 is 0.375 bits per heavy atom. The molecule has 0 atom stereocenters. The molecule has 1 aliphatic carbocycles. The van der Waals surface area contributed by atoms with Crippen molar-refractivity contribution in [2.24, 2.45) is 0 Å². The first kappa shape index (κ1) is 27.7. The van der Waals surface area contributed by atoms with Gasteiger partial charge < -0.3 is 0 Å². The van der Waals surface area contributed by atoms with Gasteiger partial charge in [-0.3, -0.25) is 0 Å². The van der Waals surface area contributed by atoms with Crippen molar-refractivity contribution < 1.29 is 0 Å². The van der Waals surface area contributed by atoms with E-state index in [2.05, 4.69) is 192 Å². The van der Waals surface area contributed by atoms with Crippen LogP contribution in [0.15, 0.2) is 139 Å². The summed E-state index contributed by atoms with van der Waals surface area (Å²) in [5.74, 6) is 0.0419. The number of hydrogen-bond donors (Lipinski definition) is 0. The van der Waals surface area contributed by atoms with Crippen LogP contribution in [0.4, 0.5) is 0 Å². The van der Waals surface area contributed by atoms with Crippen LogP contribution in [0.3, 0.4) is 0 Å². The molecule has 40 heavy (non-hydrogen) atoms. The zero-order valence-corrected chi connectivity index (χ0v) is 28.0. The van der Waals surface area contributed by atoms with Gasteiger partial charge in [0, 0.05) is 23.8 Å². The minimum Gasteiger partial charge on any atom is -0.0590 e. The number of aryl methyl sites for hydroxylation is 1. The molecule has 0 nitrogen and oxygen atoms in total. The van der Waals surface area contributed by atoms with E-state index >= 15 is 0 Å². The summed E-state index contributed by atoms with van der Waals surface area (Å²) in [4.78, 5) is 0. The van der Waals surface area contributed by atoms with Gasteiger partial charge in [0.2, 0.25) is 0 Å². The van der Waals surface area contributed by atoms with Crippen LogP contribution in [0.2, 0.25) is 0 Å². The summed E-state index contributed by atoms with van der Waals surface area (Å²) in [7, 11) is 0. The molecule has 1 aliphatic rings. The van der Waals surface area contributed by atoms with Crippen LogP contribution in [-0.4, -0.2) is 0 Å². The fraction of sp³-hybridized carbons (Fsp3) is 0.0556. The molecule has 5 aromatic carbocycles. The lowest BCUT2D eigenvalue weighted by Crippen LogP contribution is -2.03. The molecular weight excluding hydrogens is 752 g/mol. The Morgan fingerprint density at radius 3 is 1.00 bits per heavy atom. The SMILES string of the molecule is Cc1ccc(C2C(c3ccc(Br)cc3)=C(c3ccc(Br)cc3)C(c3ccc(Br)cc3)=C2c2ccc(Br)cc2)cc1. The van der Waals surface area contributed by atoms with Crippen molar-refractivity contribution in [3.8, 4) is 0 Å². The Balaban J connectivity index is 1.77. The minimum absolute atomic E-state index is 0.0419. The highest BCUT2D eigenvalue weighted by molar-refractivity contribution is 9.11. The number of allylic oxidation sites excluding steroid dienone is 4. The van der Waals surface area contributed by atoms with Crippen molar-refractivity contribution in [1.29, 1.82) is 0 Å². The van der Waals surface area contributed by atoms with E-state index < -0.39 is 0 Å². The van der Waals surface area contributed by atoms with E-state index in [1.807, 2.05) is 0 Å². The standard InChI is InChI=1S/C36H24Br4/c1-22-2-4-23(5-3-22)32-33(24-6-14-28(37)15-7-24)35(26-10-18-30(39)19-11-26)36(27-12-20-31(40)21-13-27)34(32)25-8-16-29(38)17-9-25/h2-21,32H,1H3. The van der Waals surface area contributed by atoms with E-state index in [-0.39, 0.29) is 5.92 Å². The summed E-state index contributed by atoms with van der Waals surface area (Å²) >= 11 is 14.6. The van der Waals surface area contributed by atoms with Crippen molar-refractivity contribution >= 4 is 86.0 Å². The molecule has 0 saturated carbocycles. The Kier molecular flexibility index (Phi) is 8.14. The second kappa shape index (κ2) is 11.8. The zero-order chi connectivity index (χ0) is 27.8. The van der Waals surface area contributed by atoms with Crippen LogP contribution in [-0.2, 0) is 0 Å². The molecule has 0 fully saturated rings. The monoisotopic (exact) mass is 772 g/mol. The van der Waals surface area contributed by atoms with Crippen LogP contribution in [0.25, 0.3) is 22.3 Å². The molecule has 5 aromatic rings. The van der Waals surface area contributed by atoms with Gasteiger partial charge in [0.1, 0.15) is 0 Å². The van der Waals surface area contributed by atoms with Gasteiger partial charge in [-0.05, 0) is 106 Å². The fourth-order valence-corrected chi connectivity index (χ4v) is 6.57. The highest BCUT2D eigenvalue weighted by Crippen LogP contribution is 2.58. The zero-order valence-electron chi connectivity index (χ0n) is 21.6. The van der Waals surface area contributed by atoms with Crippen molar-refractivity contribution in [3.63, 3.8) is 0 Å². The predicted molar refractivity (Wildman–Crippen MR) is 184 cm³/mol. The van der Waals surface area contributed by atoms with Crippen LogP contribution < -0.4 is 0 Å². The van der Waals surface area contributed by atoms with Gasteiger partial charge in [-0.15, -0.1) is 0 Å². The number of rotatable bonds is 5. The van der Waals surface area contributed by atoms with E-state index in [0.717, 1.165) is 17.9 Å². The van der Waals surface area contributed by atoms with E-state index in [0.29, 0.717) is 0 Å². The van der Waals surface area contributed by atoms with Crippen molar-refractivity contribution in [2.45, 2.75) is 12.8 Å². The summed E-state index contributed by atoms with van der Waals surface area (Å²) in [5.41, 5.74) is 12.5. The van der Waals surface area contributed by atoms with E-state index in [1.54, 1.807) is 0 Å². The molecule has 0 amide bonds. The lowest BCUT2D eigenvalue weighted by molar-refractivity contribution is 1.13. The Hall–Kier alpha value is -2.50. The molecule has 0 unspecified atom stereocenters. The Morgan fingerprint density at radius 2 is 0.675 bits per heavy atom. The van der Waals surface area contributed by atoms with Gasteiger partial charge >= 0.3 is 0 Å². The maximum atomic E-state index is 3.66. The number of halogens is 4. The highest BCUT2D eigenvalue weighted by Gasteiger charge is 2.37. The van der Waals surface area contributed by atoms with Gasteiger partial charge in [-0.2, -0.15) is 0 Å². The third-order valence-corrected chi connectivity index (χ3v) is 9.47. The summed E-state index contributed by atoms with van der Waals surface area (Å²) < 4.78 is 4.28. The minimum atomic E-state index is 0.0419. The second-order valence-electron chi connectivity index (χ2n) is 9.95. The molecule has 0 aromatic heterocycles.